The maximum absolute atomic E-state index is 12.4. The van der Waals surface area contributed by atoms with E-state index in [0.29, 0.717) is 56.6 Å². The van der Waals surface area contributed by atoms with Gasteiger partial charge >= 0.3 is 6.03 Å². The van der Waals surface area contributed by atoms with E-state index in [4.69, 9.17) is 24.2 Å². The lowest BCUT2D eigenvalue weighted by molar-refractivity contribution is -0.0489. The first-order valence-electron chi connectivity index (χ1n) is 12.6. The second kappa shape index (κ2) is 11.1. The van der Waals surface area contributed by atoms with Gasteiger partial charge in [-0.3, -0.25) is 4.98 Å². The molecule has 0 radical (unpaired) electrons. The zero-order valence-electron chi connectivity index (χ0n) is 20.7. The summed E-state index contributed by atoms with van der Waals surface area (Å²) in [7, 11) is 0. The number of hydrogen-bond donors (Lipinski definition) is 2. The van der Waals surface area contributed by atoms with Gasteiger partial charge in [0.25, 0.3) is 0 Å². The third kappa shape index (κ3) is 5.42. The number of urea groups is 1. The zero-order valence-corrected chi connectivity index (χ0v) is 20.7. The number of anilines is 3. The number of carbonyl (C=O) groups excluding carboxylic acids is 1. The predicted molar refractivity (Wildman–Crippen MR) is 141 cm³/mol. The Morgan fingerprint density at radius 3 is 2.37 bits per heavy atom. The standard InChI is InChI=1S/C26H28N8O4/c35-26(30-20-5-8-27-9-6-20)29-19-3-1-18(2-4-19)23-31-24(33-11-13-36-14-12-33)22-25(32-23)34(17-28-22)10-7-21-37-15-16-38-21/h1-6,8-9,17,21H,7,10-16H2,(H2,27,29,30,35). The Morgan fingerprint density at radius 2 is 1.63 bits per heavy atom. The number of hydrogen-bond acceptors (Lipinski definition) is 9. The van der Waals surface area contributed by atoms with Gasteiger partial charge in [-0.15, -0.1) is 0 Å². The molecule has 38 heavy (non-hydrogen) atoms. The minimum Gasteiger partial charge on any atom is -0.378 e. The molecule has 0 spiro atoms. The van der Waals surface area contributed by atoms with Gasteiger partial charge < -0.3 is 34.3 Å². The van der Waals surface area contributed by atoms with E-state index in [9.17, 15) is 4.79 Å². The lowest BCUT2D eigenvalue weighted by Crippen LogP contribution is -2.37. The summed E-state index contributed by atoms with van der Waals surface area (Å²) in [5.41, 5.74) is 3.66. The largest absolute Gasteiger partial charge is 0.378 e. The van der Waals surface area contributed by atoms with Crippen LogP contribution in [0.25, 0.3) is 22.6 Å². The van der Waals surface area contributed by atoms with Crippen LogP contribution in [0.5, 0.6) is 0 Å². The van der Waals surface area contributed by atoms with Gasteiger partial charge in [0.2, 0.25) is 0 Å². The molecule has 0 bridgehead atoms. The van der Waals surface area contributed by atoms with E-state index in [1.54, 1.807) is 30.9 Å². The molecule has 2 N–H and O–H groups in total. The molecule has 0 aliphatic carbocycles. The Morgan fingerprint density at radius 1 is 0.921 bits per heavy atom. The monoisotopic (exact) mass is 516 g/mol. The van der Waals surface area contributed by atoms with Crippen molar-refractivity contribution in [2.24, 2.45) is 0 Å². The fourth-order valence-corrected chi connectivity index (χ4v) is 4.47. The normalized spacial score (nSPS) is 16.2. The van der Waals surface area contributed by atoms with Crippen LogP contribution in [0.4, 0.5) is 22.0 Å². The van der Waals surface area contributed by atoms with Crippen molar-refractivity contribution in [3.63, 3.8) is 0 Å². The molecule has 0 saturated carbocycles. The summed E-state index contributed by atoms with van der Waals surface area (Å²) in [4.78, 5) is 33.0. The molecule has 0 atom stereocenters. The van der Waals surface area contributed by atoms with Crippen molar-refractivity contribution in [2.75, 3.05) is 55.1 Å². The van der Waals surface area contributed by atoms with E-state index in [-0.39, 0.29) is 12.3 Å². The van der Waals surface area contributed by atoms with Crippen LogP contribution in [0, 0.1) is 0 Å². The molecule has 2 saturated heterocycles. The number of nitrogens with one attached hydrogen (secondary N) is 2. The number of carbonyl (C=O) groups is 1. The molecule has 2 fully saturated rings. The van der Waals surface area contributed by atoms with Gasteiger partial charge in [0, 0.05) is 55.4 Å². The summed E-state index contributed by atoms with van der Waals surface area (Å²) in [6.45, 7) is 4.66. The van der Waals surface area contributed by atoms with Crippen LogP contribution in [-0.4, -0.2) is 76.3 Å². The topological polar surface area (TPSA) is 129 Å². The number of aromatic nitrogens is 5. The highest BCUT2D eigenvalue weighted by atomic mass is 16.7. The number of fused-ring (bicyclic) bond motifs is 1. The van der Waals surface area contributed by atoms with Crippen molar-refractivity contribution in [1.29, 1.82) is 0 Å². The van der Waals surface area contributed by atoms with Crippen molar-refractivity contribution in [3.05, 3.63) is 55.1 Å². The quantitative estimate of drug-likeness (QED) is 0.381. The van der Waals surface area contributed by atoms with E-state index in [1.165, 1.54) is 0 Å². The maximum Gasteiger partial charge on any atom is 0.323 e. The minimum absolute atomic E-state index is 0.205. The van der Waals surface area contributed by atoms with Crippen molar-refractivity contribution >= 4 is 34.4 Å². The molecule has 196 valence electrons. The van der Waals surface area contributed by atoms with E-state index in [2.05, 4.69) is 25.5 Å². The van der Waals surface area contributed by atoms with Crippen LogP contribution in [0.3, 0.4) is 0 Å². The Labute approximate surface area is 219 Å². The average Bonchev–Trinajstić information content (AvgIpc) is 3.63. The van der Waals surface area contributed by atoms with Crippen molar-refractivity contribution in [3.8, 4) is 11.4 Å². The number of benzene rings is 1. The SMILES string of the molecule is O=C(Nc1ccncc1)Nc1ccc(-c2nc(N3CCOCC3)c3ncn(CCC4OCCO4)c3n2)cc1. The van der Waals surface area contributed by atoms with Gasteiger partial charge in [-0.1, -0.05) is 0 Å². The van der Waals surface area contributed by atoms with Crippen LogP contribution in [0.1, 0.15) is 6.42 Å². The molecule has 6 rings (SSSR count). The molecular formula is C26H28N8O4. The number of ether oxygens (including phenoxy) is 3. The van der Waals surface area contributed by atoms with Crippen LogP contribution < -0.4 is 15.5 Å². The minimum atomic E-state index is -0.338. The Bertz CT molecular complexity index is 1380. The summed E-state index contributed by atoms with van der Waals surface area (Å²) in [6.07, 6.45) is 5.54. The highest BCUT2D eigenvalue weighted by Crippen LogP contribution is 2.28. The number of nitrogens with zero attached hydrogens (tertiary/aromatic N) is 6. The highest BCUT2D eigenvalue weighted by molar-refractivity contribution is 5.99. The summed E-state index contributed by atoms with van der Waals surface area (Å²) >= 11 is 0. The maximum atomic E-state index is 12.4. The predicted octanol–water partition coefficient (Wildman–Crippen LogP) is 3.13. The van der Waals surface area contributed by atoms with Crippen LogP contribution >= 0.6 is 0 Å². The van der Waals surface area contributed by atoms with Gasteiger partial charge in [-0.05, 0) is 36.4 Å². The summed E-state index contributed by atoms with van der Waals surface area (Å²) in [5.74, 6) is 1.38. The average molecular weight is 517 g/mol. The van der Waals surface area contributed by atoms with Crippen LogP contribution in [-0.2, 0) is 20.8 Å². The van der Waals surface area contributed by atoms with Crippen molar-refractivity contribution in [2.45, 2.75) is 19.3 Å². The van der Waals surface area contributed by atoms with Gasteiger partial charge in [-0.2, -0.15) is 0 Å². The van der Waals surface area contributed by atoms with Gasteiger partial charge in [0.05, 0.1) is 32.8 Å². The molecule has 0 unspecified atom stereocenters. The van der Waals surface area contributed by atoms with Crippen LogP contribution in [0.2, 0.25) is 0 Å². The smallest absolute Gasteiger partial charge is 0.323 e. The number of aryl methyl sites for hydroxylation is 1. The Hall–Kier alpha value is -4.13. The number of imidazole rings is 1. The van der Waals surface area contributed by atoms with Gasteiger partial charge in [-0.25, -0.2) is 19.7 Å². The fraction of sp³-hybridized carbons (Fsp3) is 0.346. The highest BCUT2D eigenvalue weighted by Gasteiger charge is 2.22. The van der Waals surface area contributed by atoms with Crippen molar-refractivity contribution in [1.82, 2.24) is 24.5 Å². The van der Waals surface area contributed by atoms with Gasteiger partial charge in [0.1, 0.15) is 0 Å². The number of pyridine rings is 1. The molecular weight excluding hydrogens is 488 g/mol. The first-order chi connectivity index (χ1) is 18.7. The molecule has 2 aliphatic heterocycles. The summed E-state index contributed by atoms with van der Waals surface area (Å²) < 4.78 is 18.8. The lowest BCUT2D eigenvalue weighted by atomic mass is 10.2. The van der Waals surface area contributed by atoms with E-state index in [1.807, 2.05) is 28.8 Å². The number of morpholine rings is 1. The Balaban J connectivity index is 1.25. The third-order valence-electron chi connectivity index (χ3n) is 6.39. The lowest BCUT2D eigenvalue weighted by Gasteiger charge is -2.28. The molecule has 5 heterocycles. The van der Waals surface area contributed by atoms with Crippen LogP contribution in [0.15, 0.2) is 55.1 Å². The first-order valence-corrected chi connectivity index (χ1v) is 12.6. The van der Waals surface area contributed by atoms with Crippen molar-refractivity contribution < 1.29 is 19.0 Å². The molecule has 4 aromatic rings. The molecule has 3 aromatic heterocycles. The van der Waals surface area contributed by atoms with E-state index >= 15 is 0 Å². The number of amides is 2. The molecule has 12 heteroatoms. The number of rotatable bonds is 7. The Kier molecular flexibility index (Phi) is 7.07. The summed E-state index contributed by atoms with van der Waals surface area (Å²) in [5, 5.41) is 5.62. The fourth-order valence-electron chi connectivity index (χ4n) is 4.47. The van der Waals surface area contributed by atoms with Gasteiger partial charge in [0.15, 0.2) is 29.1 Å². The molecule has 1 aromatic carbocycles. The second-order valence-electron chi connectivity index (χ2n) is 8.93. The van der Waals surface area contributed by atoms with E-state index < -0.39 is 0 Å². The molecule has 2 aliphatic rings. The summed E-state index contributed by atoms with van der Waals surface area (Å²) in [6, 6.07) is 10.6. The zero-order chi connectivity index (χ0) is 25.7. The second-order valence-corrected chi connectivity index (χ2v) is 8.93. The van der Waals surface area contributed by atoms with E-state index in [0.717, 1.165) is 35.6 Å². The first kappa shape index (κ1) is 24.2. The molecule has 2 amide bonds. The third-order valence-corrected chi connectivity index (χ3v) is 6.39. The molecule has 12 nitrogen and oxygen atoms in total.